The van der Waals surface area contributed by atoms with Gasteiger partial charge in [-0.25, -0.2) is 4.98 Å². The Labute approximate surface area is 150 Å². The molecule has 3 nitrogen and oxygen atoms in total. The van der Waals surface area contributed by atoms with E-state index >= 15 is 0 Å². The fourth-order valence-electron chi connectivity index (χ4n) is 3.30. The number of ether oxygens (including phenoxy) is 1. The van der Waals surface area contributed by atoms with E-state index in [0.29, 0.717) is 0 Å². The average molecular weight is 336 g/mol. The highest BCUT2D eigenvalue weighted by atomic mass is 16.5. The molecule has 0 amide bonds. The Kier molecular flexibility index (Phi) is 5.12. The van der Waals surface area contributed by atoms with Crippen molar-refractivity contribution in [2.45, 2.75) is 54.0 Å². The number of benzene rings is 2. The summed E-state index contributed by atoms with van der Waals surface area (Å²) in [5, 5.41) is 0. The van der Waals surface area contributed by atoms with Crippen molar-refractivity contribution in [3.05, 3.63) is 58.4 Å². The molecule has 0 saturated heterocycles. The van der Waals surface area contributed by atoms with Gasteiger partial charge in [-0.15, -0.1) is 0 Å². The van der Waals surface area contributed by atoms with Crippen molar-refractivity contribution in [2.75, 3.05) is 6.61 Å². The maximum absolute atomic E-state index is 5.94. The number of hydrogen-bond acceptors (Lipinski definition) is 2. The summed E-state index contributed by atoms with van der Waals surface area (Å²) in [5.74, 6) is 2.09. The monoisotopic (exact) mass is 336 g/mol. The molecule has 0 spiro atoms. The molecule has 0 bridgehead atoms. The Bertz CT molecular complexity index is 893. The van der Waals surface area contributed by atoms with Crippen LogP contribution in [0.3, 0.4) is 0 Å². The summed E-state index contributed by atoms with van der Waals surface area (Å²) in [4.78, 5) is 4.71. The lowest BCUT2D eigenvalue weighted by molar-refractivity contribution is 0.301. The molecule has 0 aliphatic rings. The van der Waals surface area contributed by atoms with E-state index < -0.39 is 0 Å². The lowest BCUT2D eigenvalue weighted by Gasteiger charge is -2.11. The second kappa shape index (κ2) is 7.30. The van der Waals surface area contributed by atoms with Crippen LogP contribution in [-0.4, -0.2) is 16.2 Å². The highest BCUT2D eigenvalue weighted by Crippen LogP contribution is 2.22. The third kappa shape index (κ3) is 3.87. The minimum atomic E-state index is 0.758. The highest BCUT2D eigenvalue weighted by molar-refractivity contribution is 5.78. The lowest BCUT2D eigenvalue weighted by Crippen LogP contribution is -2.04. The third-order valence-corrected chi connectivity index (χ3v) is 4.92. The van der Waals surface area contributed by atoms with E-state index in [-0.39, 0.29) is 0 Å². The van der Waals surface area contributed by atoms with Crippen LogP contribution >= 0.6 is 0 Å². The van der Waals surface area contributed by atoms with Crippen molar-refractivity contribution in [1.29, 1.82) is 0 Å². The van der Waals surface area contributed by atoms with Gasteiger partial charge in [-0.2, -0.15) is 0 Å². The molecule has 0 N–H and O–H groups in total. The van der Waals surface area contributed by atoms with Crippen LogP contribution in [-0.2, 0) is 6.54 Å². The van der Waals surface area contributed by atoms with Gasteiger partial charge in [-0.1, -0.05) is 17.7 Å². The number of rotatable bonds is 6. The zero-order chi connectivity index (χ0) is 18.0. The maximum Gasteiger partial charge on any atom is 0.122 e. The Morgan fingerprint density at radius 3 is 2.40 bits per heavy atom. The molecule has 3 aromatic rings. The van der Waals surface area contributed by atoms with Crippen LogP contribution in [0.4, 0.5) is 0 Å². The molecule has 3 heteroatoms. The third-order valence-electron chi connectivity index (χ3n) is 4.92. The van der Waals surface area contributed by atoms with Crippen LogP contribution in [0.1, 0.15) is 40.9 Å². The normalized spacial score (nSPS) is 11.2. The molecule has 132 valence electrons. The van der Waals surface area contributed by atoms with Gasteiger partial charge < -0.3 is 9.30 Å². The maximum atomic E-state index is 5.94. The van der Waals surface area contributed by atoms with Crippen LogP contribution in [0.2, 0.25) is 0 Å². The van der Waals surface area contributed by atoms with Crippen LogP contribution in [0.5, 0.6) is 5.75 Å². The number of nitrogens with zero attached hydrogens (tertiary/aromatic N) is 2. The fourth-order valence-corrected chi connectivity index (χ4v) is 3.30. The summed E-state index contributed by atoms with van der Waals surface area (Å²) < 4.78 is 8.27. The quantitative estimate of drug-likeness (QED) is 0.561. The van der Waals surface area contributed by atoms with Crippen LogP contribution in [0.15, 0.2) is 30.3 Å². The SMILES string of the molecule is Cc1ccc(OCCCCn2c(C)nc3cc(C)c(C)cc32)c(C)c1. The Morgan fingerprint density at radius 1 is 0.880 bits per heavy atom. The van der Waals surface area contributed by atoms with E-state index in [1.54, 1.807) is 0 Å². The van der Waals surface area contributed by atoms with Gasteiger partial charge in [0.2, 0.25) is 0 Å². The summed E-state index contributed by atoms with van der Waals surface area (Å²) in [6.45, 7) is 12.4. The van der Waals surface area contributed by atoms with Crippen molar-refractivity contribution in [1.82, 2.24) is 9.55 Å². The van der Waals surface area contributed by atoms with Gasteiger partial charge in [-0.3, -0.25) is 0 Å². The second-order valence-corrected chi connectivity index (χ2v) is 7.06. The minimum Gasteiger partial charge on any atom is -0.493 e. The summed E-state index contributed by atoms with van der Waals surface area (Å²) >= 11 is 0. The van der Waals surface area contributed by atoms with Crippen molar-refractivity contribution in [3.63, 3.8) is 0 Å². The van der Waals surface area contributed by atoms with Crippen LogP contribution in [0, 0.1) is 34.6 Å². The van der Waals surface area contributed by atoms with Gasteiger partial charge in [0.25, 0.3) is 0 Å². The predicted molar refractivity (Wildman–Crippen MR) is 105 cm³/mol. The molecule has 3 rings (SSSR count). The number of unbranched alkanes of at least 4 members (excludes halogenated alkanes) is 1. The number of aryl methyl sites for hydroxylation is 6. The number of fused-ring (bicyclic) bond motifs is 1. The topological polar surface area (TPSA) is 27.1 Å². The van der Waals surface area contributed by atoms with Crippen molar-refractivity contribution >= 4 is 11.0 Å². The van der Waals surface area contributed by atoms with Crippen molar-refractivity contribution < 1.29 is 4.74 Å². The Hall–Kier alpha value is -2.29. The van der Waals surface area contributed by atoms with Gasteiger partial charge in [0, 0.05) is 6.54 Å². The molecular formula is C22H28N2O. The first kappa shape index (κ1) is 17.5. The standard InChI is InChI=1S/C22H28N2O/c1-15-8-9-22(18(4)12-15)25-11-7-6-10-24-19(5)23-20-13-16(2)17(3)14-21(20)24/h8-9,12-14H,6-7,10-11H2,1-5H3. The van der Waals surface area contributed by atoms with Crippen molar-refractivity contribution in [3.8, 4) is 5.75 Å². The number of imidazole rings is 1. The molecular weight excluding hydrogens is 308 g/mol. The van der Waals surface area contributed by atoms with E-state index in [9.17, 15) is 0 Å². The molecule has 1 aromatic heterocycles. The fraction of sp³-hybridized carbons (Fsp3) is 0.409. The molecule has 0 radical (unpaired) electrons. The molecule has 0 saturated carbocycles. The van der Waals surface area contributed by atoms with Gasteiger partial charge in [0.05, 0.1) is 17.6 Å². The molecule has 0 aliphatic carbocycles. The lowest BCUT2D eigenvalue weighted by atomic mass is 10.1. The highest BCUT2D eigenvalue weighted by Gasteiger charge is 2.09. The molecule has 25 heavy (non-hydrogen) atoms. The molecule has 2 aromatic carbocycles. The van der Waals surface area contributed by atoms with Crippen LogP contribution in [0.25, 0.3) is 11.0 Å². The molecule has 0 fully saturated rings. The molecule has 0 aliphatic heterocycles. The summed E-state index contributed by atoms with van der Waals surface area (Å²) in [6, 6.07) is 10.8. The van der Waals surface area contributed by atoms with E-state index in [4.69, 9.17) is 9.72 Å². The van der Waals surface area contributed by atoms with E-state index in [0.717, 1.165) is 43.1 Å². The van der Waals surface area contributed by atoms with E-state index in [1.165, 1.54) is 27.8 Å². The minimum absolute atomic E-state index is 0.758. The number of hydrogen-bond donors (Lipinski definition) is 0. The molecule has 0 unspecified atom stereocenters. The smallest absolute Gasteiger partial charge is 0.122 e. The summed E-state index contributed by atoms with van der Waals surface area (Å²) in [6.07, 6.45) is 2.13. The first-order valence-corrected chi connectivity index (χ1v) is 9.10. The first-order valence-electron chi connectivity index (χ1n) is 9.10. The van der Waals surface area contributed by atoms with Gasteiger partial charge in [-0.05, 0) is 82.3 Å². The first-order chi connectivity index (χ1) is 12.0. The van der Waals surface area contributed by atoms with E-state index in [2.05, 4.69) is 69.5 Å². The molecule has 1 heterocycles. The van der Waals surface area contributed by atoms with Gasteiger partial charge >= 0.3 is 0 Å². The van der Waals surface area contributed by atoms with E-state index in [1.807, 2.05) is 0 Å². The zero-order valence-electron chi connectivity index (χ0n) is 16.0. The van der Waals surface area contributed by atoms with Crippen LogP contribution < -0.4 is 4.74 Å². The average Bonchev–Trinajstić information content (AvgIpc) is 2.84. The zero-order valence-corrected chi connectivity index (χ0v) is 16.0. The van der Waals surface area contributed by atoms with Gasteiger partial charge in [0.1, 0.15) is 11.6 Å². The number of aromatic nitrogens is 2. The predicted octanol–water partition coefficient (Wildman–Crippen LogP) is 5.44. The summed E-state index contributed by atoms with van der Waals surface area (Å²) in [7, 11) is 0. The Morgan fingerprint density at radius 2 is 1.64 bits per heavy atom. The van der Waals surface area contributed by atoms with Crippen molar-refractivity contribution in [2.24, 2.45) is 0 Å². The summed E-state index contributed by atoms with van der Waals surface area (Å²) in [5.41, 5.74) is 7.47. The Balaban J connectivity index is 1.58. The van der Waals surface area contributed by atoms with Gasteiger partial charge in [0.15, 0.2) is 0 Å². The molecule has 0 atom stereocenters. The second-order valence-electron chi connectivity index (χ2n) is 7.06. The largest absolute Gasteiger partial charge is 0.493 e.